The molecule has 2 aromatic rings. The van der Waals surface area contributed by atoms with Crippen LogP contribution < -0.4 is 10.6 Å². The van der Waals surface area contributed by atoms with Crippen molar-refractivity contribution in [3.8, 4) is 0 Å². The average molecular weight is 449 g/mol. The summed E-state index contributed by atoms with van der Waals surface area (Å²) in [6.07, 6.45) is 5.59. The summed E-state index contributed by atoms with van der Waals surface area (Å²) in [7, 11) is 1.61. The SMILES string of the molecule is CCCC[C@H](O)[C@@H](CC1CC1)C(=O)C1(N)N=C(c2ccccn2)c2ccccc2N(C)C1=O. The van der Waals surface area contributed by atoms with Gasteiger partial charge in [-0.1, -0.05) is 56.9 Å². The van der Waals surface area contributed by atoms with Gasteiger partial charge in [-0.05, 0) is 37.0 Å². The van der Waals surface area contributed by atoms with Gasteiger partial charge in [0.1, 0.15) is 0 Å². The number of unbranched alkanes of at least 4 members (excludes halogenated alkanes) is 1. The third kappa shape index (κ3) is 4.61. The Kier molecular flexibility index (Phi) is 6.72. The molecule has 0 spiro atoms. The minimum Gasteiger partial charge on any atom is -0.392 e. The third-order valence-electron chi connectivity index (χ3n) is 6.66. The maximum Gasteiger partial charge on any atom is 0.277 e. The van der Waals surface area contributed by atoms with Gasteiger partial charge in [-0.3, -0.25) is 20.3 Å². The number of nitrogens with zero attached hydrogens (tertiary/aromatic N) is 3. The topological polar surface area (TPSA) is 109 Å². The molecule has 4 rings (SSSR count). The summed E-state index contributed by atoms with van der Waals surface area (Å²) in [5, 5.41) is 10.9. The Morgan fingerprint density at radius 2 is 1.97 bits per heavy atom. The Morgan fingerprint density at radius 3 is 2.64 bits per heavy atom. The molecule has 174 valence electrons. The number of ketones is 1. The largest absolute Gasteiger partial charge is 0.392 e. The molecule has 1 fully saturated rings. The molecule has 1 aliphatic heterocycles. The number of pyridine rings is 1. The van der Waals surface area contributed by atoms with Crippen LogP contribution in [0.25, 0.3) is 0 Å². The van der Waals surface area contributed by atoms with E-state index in [-0.39, 0.29) is 0 Å². The maximum absolute atomic E-state index is 14.0. The van der Waals surface area contributed by atoms with Gasteiger partial charge in [0.2, 0.25) is 5.66 Å². The number of aliphatic imine (C=N–C) groups is 1. The molecule has 0 radical (unpaired) electrons. The average Bonchev–Trinajstić information content (AvgIpc) is 3.68. The molecule has 33 heavy (non-hydrogen) atoms. The molecule has 0 bridgehead atoms. The molecule has 7 nitrogen and oxygen atoms in total. The van der Waals surface area contributed by atoms with Crippen molar-refractivity contribution < 1.29 is 14.7 Å². The second kappa shape index (κ2) is 9.53. The van der Waals surface area contributed by atoms with E-state index in [9.17, 15) is 14.7 Å². The van der Waals surface area contributed by atoms with Crippen LogP contribution >= 0.6 is 0 Å². The maximum atomic E-state index is 14.0. The standard InChI is InChI=1S/C26H32N4O3/c1-3-4-12-22(31)19(16-17-13-14-17)24(32)26(27)25(33)30(2)21-11-6-5-9-18(21)23(29-26)20-10-7-8-15-28-20/h5-11,15,17,19,22,31H,3-4,12-14,16,27H2,1-2H3/t19-,22+,26?/m1/s1. The molecule has 0 saturated heterocycles. The highest BCUT2D eigenvalue weighted by Crippen LogP contribution is 2.39. The van der Waals surface area contributed by atoms with Crippen molar-refractivity contribution in [1.82, 2.24) is 4.98 Å². The quantitative estimate of drug-likeness (QED) is 0.573. The second-order valence-electron chi connectivity index (χ2n) is 9.18. The van der Waals surface area contributed by atoms with Gasteiger partial charge in [-0.15, -0.1) is 0 Å². The number of benzodiazepines with no additional fused rings is 1. The first-order chi connectivity index (χ1) is 15.9. The number of carbonyl (C=O) groups excluding carboxylic acids is 2. The minimum atomic E-state index is -2.15. The van der Waals surface area contributed by atoms with Crippen LogP contribution in [-0.4, -0.2) is 46.3 Å². The molecule has 1 aliphatic carbocycles. The van der Waals surface area contributed by atoms with Crippen molar-refractivity contribution in [3.05, 3.63) is 59.9 Å². The van der Waals surface area contributed by atoms with E-state index in [1.165, 1.54) is 4.90 Å². The number of hydrogen-bond acceptors (Lipinski definition) is 6. The highest BCUT2D eigenvalue weighted by Gasteiger charge is 2.51. The highest BCUT2D eigenvalue weighted by atomic mass is 16.3. The van der Waals surface area contributed by atoms with E-state index >= 15 is 0 Å². The molecule has 1 aromatic carbocycles. The monoisotopic (exact) mass is 448 g/mol. The lowest BCUT2D eigenvalue weighted by atomic mass is 9.83. The molecule has 1 unspecified atom stereocenters. The number of benzene rings is 1. The number of likely N-dealkylation sites (N-methyl/N-ethyl adjacent to an activating group) is 1. The lowest BCUT2D eigenvalue weighted by molar-refractivity contribution is -0.139. The Bertz CT molecular complexity index is 1050. The number of aromatic nitrogens is 1. The number of aliphatic hydroxyl groups is 1. The first-order valence-corrected chi connectivity index (χ1v) is 11.8. The molecule has 1 aromatic heterocycles. The molecule has 3 atom stereocenters. The number of nitrogens with two attached hydrogens (primary N) is 1. The zero-order valence-electron chi connectivity index (χ0n) is 19.3. The zero-order valence-corrected chi connectivity index (χ0v) is 19.3. The lowest BCUT2D eigenvalue weighted by Gasteiger charge is -2.31. The molecule has 7 heteroatoms. The molecule has 2 aliphatic rings. The second-order valence-corrected chi connectivity index (χ2v) is 9.18. The van der Waals surface area contributed by atoms with Crippen LogP contribution in [-0.2, 0) is 9.59 Å². The van der Waals surface area contributed by atoms with Crippen LogP contribution in [0.1, 0.15) is 56.7 Å². The van der Waals surface area contributed by atoms with Crippen LogP contribution in [0.3, 0.4) is 0 Å². The fraction of sp³-hybridized carbons (Fsp3) is 0.462. The smallest absolute Gasteiger partial charge is 0.277 e. The van der Waals surface area contributed by atoms with E-state index in [2.05, 4.69) is 9.98 Å². The van der Waals surface area contributed by atoms with Gasteiger partial charge >= 0.3 is 0 Å². The summed E-state index contributed by atoms with van der Waals surface area (Å²) in [6.45, 7) is 2.04. The predicted molar refractivity (Wildman–Crippen MR) is 128 cm³/mol. The number of amides is 1. The van der Waals surface area contributed by atoms with Gasteiger partial charge < -0.3 is 10.0 Å². The van der Waals surface area contributed by atoms with Crippen molar-refractivity contribution in [1.29, 1.82) is 0 Å². The zero-order chi connectivity index (χ0) is 23.6. The van der Waals surface area contributed by atoms with Gasteiger partial charge in [0.05, 0.1) is 23.2 Å². The minimum absolute atomic E-state index is 0.383. The predicted octanol–water partition coefficient (Wildman–Crippen LogP) is 3.09. The normalized spacial score (nSPS) is 22.2. The number of hydrogen-bond donors (Lipinski definition) is 2. The number of aliphatic hydroxyl groups excluding tert-OH is 1. The van der Waals surface area contributed by atoms with Crippen molar-refractivity contribution in [2.75, 3.05) is 11.9 Å². The molecule has 1 amide bonds. The summed E-state index contributed by atoms with van der Waals surface area (Å²) < 4.78 is 0. The number of fused-ring (bicyclic) bond motifs is 1. The number of Topliss-reactive ketones (excluding diaryl/α,β-unsaturated/α-hetero) is 1. The van der Waals surface area contributed by atoms with E-state index in [4.69, 9.17) is 5.73 Å². The first kappa shape index (κ1) is 23.3. The van der Waals surface area contributed by atoms with E-state index < -0.39 is 29.4 Å². The Morgan fingerprint density at radius 1 is 1.24 bits per heavy atom. The van der Waals surface area contributed by atoms with E-state index in [1.807, 2.05) is 31.2 Å². The van der Waals surface area contributed by atoms with Crippen molar-refractivity contribution in [3.63, 3.8) is 0 Å². The van der Waals surface area contributed by atoms with Crippen LogP contribution in [0, 0.1) is 11.8 Å². The van der Waals surface area contributed by atoms with Crippen LogP contribution in [0.2, 0.25) is 0 Å². The Labute approximate surface area is 194 Å². The molecular weight excluding hydrogens is 416 g/mol. The number of anilines is 1. The van der Waals surface area contributed by atoms with Crippen LogP contribution in [0.15, 0.2) is 53.7 Å². The van der Waals surface area contributed by atoms with Crippen LogP contribution in [0.5, 0.6) is 0 Å². The number of carbonyl (C=O) groups is 2. The van der Waals surface area contributed by atoms with Crippen molar-refractivity contribution in [2.24, 2.45) is 22.6 Å². The van der Waals surface area contributed by atoms with Gasteiger partial charge in [0.15, 0.2) is 5.78 Å². The van der Waals surface area contributed by atoms with Crippen molar-refractivity contribution >= 4 is 23.1 Å². The van der Waals surface area contributed by atoms with E-state index in [1.54, 1.807) is 31.4 Å². The van der Waals surface area contributed by atoms with E-state index in [0.29, 0.717) is 41.4 Å². The van der Waals surface area contributed by atoms with E-state index in [0.717, 1.165) is 25.7 Å². The Hall–Kier alpha value is -2.90. The number of para-hydroxylation sites is 1. The summed E-state index contributed by atoms with van der Waals surface area (Å²) in [5.41, 5.74) is 6.71. The highest BCUT2D eigenvalue weighted by molar-refractivity contribution is 6.25. The molecular formula is C26H32N4O3. The van der Waals surface area contributed by atoms with Gasteiger partial charge in [-0.25, -0.2) is 4.99 Å². The summed E-state index contributed by atoms with van der Waals surface area (Å²) in [5.74, 6) is -1.47. The fourth-order valence-electron chi connectivity index (χ4n) is 4.52. The number of rotatable bonds is 9. The Balaban J connectivity index is 1.82. The molecule has 2 heterocycles. The lowest BCUT2D eigenvalue weighted by Crippen LogP contribution is -2.61. The molecule has 3 N–H and O–H groups in total. The fourth-order valence-corrected chi connectivity index (χ4v) is 4.52. The van der Waals surface area contributed by atoms with Crippen LogP contribution in [0.4, 0.5) is 5.69 Å². The third-order valence-corrected chi connectivity index (χ3v) is 6.66. The molecule has 1 saturated carbocycles. The van der Waals surface area contributed by atoms with Crippen molar-refractivity contribution in [2.45, 2.75) is 57.2 Å². The van der Waals surface area contributed by atoms with Gasteiger partial charge in [0.25, 0.3) is 5.91 Å². The van der Waals surface area contributed by atoms with Gasteiger partial charge in [-0.2, -0.15) is 0 Å². The first-order valence-electron chi connectivity index (χ1n) is 11.8. The van der Waals surface area contributed by atoms with Gasteiger partial charge in [0, 0.05) is 24.7 Å². The summed E-state index contributed by atoms with van der Waals surface area (Å²) in [6, 6.07) is 12.7. The summed E-state index contributed by atoms with van der Waals surface area (Å²) >= 11 is 0. The summed E-state index contributed by atoms with van der Waals surface area (Å²) in [4.78, 5) is 38.1.